The molecule has 1 N–H and O–H groups in total. The third-order valence-electron chi connectivity index (χ3n) is 2.81. The maximum Gasteiger partial charge on any atom is 0.126 e. The number of hydrogen-bond donors (Lipinski definition) is 1. The van der Waals surface area contributed by atoms with Gasteiger partial charge in [0.25, 0.3) is 0 Å². The summed E-state index contributed by atoms with van der Waals surface area (Å²) in [5.41, 5.74) is 1.79. The van der Waals surface area contributed by atoms with Gasteiger partial charge in [-0.2, -0.15) is 0 Å². The number of rotatable bonds is 5. The van der Waals surface area contributed by atoms with Gasteiger partial charge < -0.3 is 10.2 Å². The molecule has 0 aliphatic rings. The van der Waals surface area contributed by atoms with Crippen LogP contribution in [0.2, 0.25) is 0 Å². The van der Waals surface area contributed by atoms with Crippen LogP contribution in [0.3, 0.4) is 0 Å². The van der Waals surface area contributed by atoms with Crippen molar-refractivity contribution >= 4 is 11.5 Å². The quantitative estimate of drug-likeness (QED) is 0.893. The minimum Gasteiger partial charge on any atom is -0.370 e. The predicted molar refractivity (Wildman–Crippen MR) is 76.9 cm³/mol. The molecule has 2 aromatic rings. The summed E-state index contributed by atoms with van der Waals surface area (Å²) in [5.74, 6) is 0.645. The van der Waals surface area contributed by atoms with Crippen molar-refractivity contribution in [1.29, 1.82) is 0 Å². The number of halogens is 1. The van der Waals surface area contributed by atoms with E-state index in [4.69, 9.17) is 0 Å². The van der Waals surface area contributed by atoms with Gasteiger partial charge in [0, 0.05) is 19.3 Å². The van der Waals surface area contributed by atoms with E-state index in [1.807, 2.05) is 43.1 Å². The molecule has 0 saturated carbocycles. The Morgan fingerprint density at radius 1 is 1.21 bits per heavy atom. The molecule has 0 fully saturated rings. The Hall–Kier alpha value is -2.10. The number of benzene rings is 1. The van der Waals surface area contributed by atoms with Gasteiger partial charge in [-0.3, -0.25) is 0 Å². The van der Waals surface area contributed by atoms with Gasteiger partial charge >= 0.3 is 0 Å². The maximum atomic E-state index is 13.2. The second-order valence-corrected chi connectivity index (χ2v) is 4.38. The zero-order valence-corrected chi connectivity index (χ0v) is 11.2. The second-order valence-electron chi connectivity index (χ2n) is 4.38. The summed E-state index contributed by atoms with van der Waals surface area (Å²) in [5, 5.41) is 3.18. The number of nitrogens with zero attached hydrogens (tertiary/aromatic N) is 2. The highest BCUT2D eigenvalue weighted by Crippen LogP contribution is 2.16. The lowest BCUT2D eigenvalue weighted by Gasteiger charge is -2.19. The Bertz CT molecular complexity index is 542. The van der Waals surface area contributed by atoms with E-state index in [0.717, 1.165) is 23.7 Å². The number of pyridine rings is 1. The van der Waals surface area contributed by atoms with Crippen LogP contribution in [0, 0.1) is 5.82 Å². The number of anilines is 2. The van der Waals surface area contributed by atoms with Crippen molar-refractivity contribution in [3.63, 3.8) is 0 Å². The minimum atomic E-state index is -0.223. The van der Waals surface area contributed by atoms with E-state index in [0.29, 0.717) is 6.54 Å². The molecule has 0 bridgehead atoms. The SMILES string of the molecule is CCNc1cccc(CN(C)c2cccc(F)c2)n1. The molecule has 0 aliphatic carbocycles. The van der Waals surface area contributed by atoms with E-state index >= 15 is 0 Å². The lowest BCUT2D eigenvalue weighted by atomic mass is 10.2. The summed E-state index contributed by atoms with van der Waals surface area (Å²) in [7, 11) is 1.93. The van der Waals surface area contributed by atoms with Crippen LogP contribution in [0.15, 0.2) is 42.5 Å². The molecule has 1 heterocycles. The molecule has 19 heavy (non-hydrogen) atoms. The van der Waals surface area contributed by atoms with Gasteiger partial charge in [-0.1, -0.05) is 12.1 Å². The Labute approximate surface area is 113 Å². The van der Waals surface area contributed by atoms with Gasteiger partial charge in [-0.05, 0) is 37.3 Å². The van der Waals surface area contributed by atoms with Crippen molar-refractivity contribution in [3.8, 4) is 0 Å². The van der Waals surface area contributed by atoms with Gasteiger partial charge in [-0.25, -0.2) is 9.37 Å². The predicted octanol–water partition coefficient (Wildman–Crippen LogP) is 3.29. The Morgan fingerprint density at radius 3 is 2.74 bits per heavy atom. The van der Waals surface area contributed by atoms with Crippen LogP contribution in [0.1, 0.15) is 12.6 Å². The van der Waals surface area contributed by atoms with E-state index < -0.39 is 0 Å². The Kier molecular flexibility index (Phi) is 4.34. The molecule has 0 spiro atoms. The van der Waals surface area contributed by atoms with Crippen LogP contribution < -0.4 is 10.2 Å². The molecule has 100 valence electrons. The van der Waals surface area contributed by atoms with Crippen molar-refractivity contribution in [3.05, 3.63) is 54.0 Å². The summed E-state index contributed by atoms with van der Waals surface area (Å²) in [6, 6.07) is 12.4. The highest BCUT2D eigenvalue weighted by molar-refractivity contribution is 5.46. The molecule has 3 nitrogen and oxygen atoms in total. The molecule has 1 aromatic heterocycles. The highest BCUT2D eigenvalue weighted by atomic mass is 19.1. The van der Waals surface area contributed by atoms with Crippen LogP contribution in [-0.4, -0.2) is 18.6 Å². The molecule has 0 saturated heterocycles. The van der Waals surface area contributed by atoms with Crippen molar-refractivity contribution in [2.75, 3.05) is 23.8 Å². The Morgan fingerprint density at radius 2 is 2.00 bits per heavy atom. The first-order chi connectivity index (χ1) is 9.19. The van der Waals surface area contributed by atoms with Crippen LogP contribution in [0.25, 0.3) is 0 Å². The lowest BCUT2D eigenvalue weighted by Crippen LogP contribution is -2.17. The van der Waals surface area contributed by atoms with Crippen molar-refractivity contribution < 1.29 is 4.39 Å². The Balaban J connectivity index is 2.10. The fourth-order valence-corrected chi connectivity index (χ4v) is 1.90. The first kappa shape index (κ1) is 13.3. The molecule has 0 amide bonds. The molecule has 4 heteroatoms. The van der Waals surface area contributed by atoms with Gasteiger partial charge in [0.15, 0.2) is 0 Å². The molecule has 0 radical (unpaired) electrons. The second kappa shape index (κ2) is 6.18. The fourth-order valence-electron chi connectivity index (χ4n) is 1.90. The highest BCUT2D eigenvalue weighted by Gasteiger charge is 2.04. The van der Waals surface area contributed by atoms with E-state index in [2.05, 4.69) is 10.3 Å². The van der Waals surface area contributed by atoms with Crippen LogP contribution in [0.5, 0.6) is 0 Å². The number of aromatic nitrogens is 1. The summed E-state index contributed by atoms with van der Waals surface area (Å²) in [6.07, 6.45) is 0. The van der Waals surface area contributed by atoms with E-state index in [1.165, 1.54) is 12.1 Å². The summed E-state index contributed by atoms with van der Waals surface area (Å²) in [4.78, 5) is 6.48. The third kappa shape index (κ3) is 3.68. The van der Waals surface area contributed by atoms with E-state index in [-0.39, 0.29) is 5.82 Å². The summed E-state index contributed by atoms with van der Waals surface area (Å²) < 4.78 is 13.2. The minimum absolute atomic E-state index is 0.223. The zero-order valence-electron chi connectivity index (χ0n) is 11.2. The molecule has 1 aromatic carbocycles. The standard InChI is InChI=1S/C15H18FN3/c1-3-17-15-9-5-7-13(18-15)11-19(2)14-8-4-6-12(16)10-14/h4-10H,3,11H2,1-2H3,(H,17,18). The number of nitrogens with one attached hydrogen (secondary N) is 1. The molecule has 2 rings (SSSR count). The van der Waals surface area contributed by atoms with Crippen molar-refractivity contribution in [2.24, 2.45) is 0 Å². The van der Waals surface area contributed by atoms with Crippen molar-refractivity contribution in [1.82, 2.24) is 4.98 Å². The van der Waals surface area contributed by atoms with Gasteiger partial charge in [0.2, 0.25) is 0 Å². The van der Waals surface area contributed by atoms with Crippen LogP contribution in [-0.2, 0) is 6.54 Å². The molecule has 0 atom stereocenters. The zero-order chi connectivity index (χ0) is 13.7. The van der Waals surface area contributed by atoms with Crippen LogP contribution in [0.4, 0.5) is 15.9 Å². The van der Waals surface area contributed by atoms with Gasteiger partial charge in [0.1, 0.15) is 11.6 Å². The third-order valence-corrected chi connectivity index (χ3v) is 2.81. The largest absolute Gasteiger partial charge is 0.370 e. The van der Waals surface area contributed by atoms with E-state index in [9.17, 15) is 4.39 Å². The van der Waals surface area contributed by atoms with Crippen molar-refractivity contribution in [2.45, 2.75) is 13.5 Å². The molecule has 0 aliphatic heterocycles. The maximum absolute atomic E-state index is 13.2. The summed E-state index contributed by atoms with van der Waals surface area (Å²) >= 11 is 0. The molecular formula is C15H18FN3. The topological polar surface area (TPSA) is 28.2 Å². The van der Waals surface area contributed by atoms with Crippen LogP contribution >= 0.6 is 0 Å². The fraction of sp³-hybridized carbons (Fsp3) is 0.267. The molecule has 0 unspecified atom stereocenters. The smallest absolute Gasteiger partial charge is 0.126 e. The lowest BCUT2D eigenvalue weighted by molar-refractivity contribution is 0.627. The first-order valence-corrected chi connectivity index (χ1v) is 6.35. The van der Waals surface area contributed by atoms with Gasteiger partial charge in [-0.15, -0.1) is 0 Å². The summed E-state index contributed by atoms with van der Waals surface area (Å²) in [6.45, 7) is 3.52. The number of hydrogen-bond acceptors (Lipinski definition) is 3. The van der Waals surface area contributed by atoms with Gasteiger partial charge in [0.05, 0.1) is 12.2 Å². The average molecular weight is 259 g/mol. The normalized spacial score (nSPS) is 10.3. The van der Waals surface area contributed by atoms with E-state index in [1.54, 1.807) is 6.07 Å². The monoisotopic (exact) mass is 259 g/mol. The average Bonchev–Trinajstić information content (AvgIpc) is 2.39. The first-order valence-electron chi connectivity index (χ1n) is 6.35. The molecular weight excluding hydrogens is 241 g/mol.